The lowest BCUT2D eigenvalue weighted by Gasteiger charge is -2.34. The lowest BCUT2D eigenvalue weighted by Crippen LogP contribution is -2.50. The summed E-state index contributed by atoms with van der Waals surface area (Å²) < 4.78 is 5.73. The molecule has 0 atom stereocenters. The minimum Gasteiger partial charge on any atom is -0.449 e. The minimum absolute atomic E-state index is 0.139. The normalized spacial score (nSPS) is 16.8. The Morgan fingerprint density at radius 2 is 0.873 bits per heavy atom. The molecule has 18 nitrogen and oxygen atoms in total. The van der Waals surface area contributed by atoms with Gasteiger partial charge in [0.1, 0.15) is 6.61 Å². The van der Waals surface area contributed by atoms with E-state index in [-0.39, 0.29) is 70.3 Å². The maximum absolute atomic E-state index is 13.7. The number of ether oxygens (including phenoxy) is 1. The third kappa shape index (κ3) is 8.69. The molecule has 0 spiro atoms. The van der Waals surface area contributed by atoms with Crippen LogP contribution in [0.2, 0.25) is 0 Å². The summed E-state index contributed by atoms with van der Waals surface area (Å²) in [4.78, 5) is 140. The molecule has 1 N–H and O–H groups in total. The van der Waals surface area contributed by atoms with Gasteiger partial charge in [0.2, 0.25) is 0 Å². The third-order valence-electron chi connectivity index (χ3n) is 9.73. The smallest absolute Gasteiger partial charge is 0.407 e. The van der Waals surface area contributed by atoms with Crippen LogP contribution in [-0.4, -0.2) is 86.8 Å². The van der Waals surface area contributed by atoms with Crippen LogP contribution in [0.5, 0.6) is 0 Å². The predicted molar refractivity (Wildman–Crippen MR) is 180 cm³/mol. The van der Waals surface area contributed by atoms with E-state index in [9.17, 15) is 47.9 Å². The highest BCUT2D eigenvalue weighted by Crippen LogP contribution is 2.44. The number of hydrogen-bond donors (Lipinski definition) is 1. The molecule has 2 aromatic rings. The zero-order valence-corrected chi connectivity index (χ0v) is 29.4. The van der Waals surface area contributed by atoms with Crippen LogP contribution in [0.25, 0.3) is 11.1 Å². The minimum atomic E-state index is -1.71. The highest BCUT2D eigenvalue weighted by Gasteiger charge is 2.40. The van der Waals surface area contributed by atoms with Crippen molar-refractivity contribution in [2.75, 3.05) is 6.61 Å². The van der Waals surface area contributed by atoms with Gasteiger partial charge < -0.3 is 24.6 Å². The first kappa shape index (κ1) is 38.3. The van der Waals surface area contributed by atoms with Gasteiger partial charge in [-0.15, -0.1) is 15.2 Å². The average Bonchev–Trinajstić information content (AvgIpc) is 3.88. The van der Waals surface area contributed by atoms with Crippen molar-refractivity contribution in [1.82, 2.24) is 20.5 Å². The molecule has 3 fully saturated rings. The summed E-state index contributed by atoms with van der Waals surface area (Å²) in [6.45, 7) is -0.139. The van der Waals surface area contributed by atoms with Gasteiger partial charge in [0.25, 0.3) is 35.4 Å². The fourth-order valence-electron chi connectivity index (χ4n) is 6.85. The van der Waals surface area contributed by atoms with Crippen molar-refractivity contribution in [1.29, 1.82) is 0 Å². The molecular formula is C37H36N4O14. The SMILES string of the molecule is O=C(CCC(CCC(=O)ON1C(=O)CCC1=O)(CCC(=O)ON1C(=O)CCC1=O)NC(=O)OCC1c2ccccc2-c2ccccc21)ON1C(=O)CCC1=O. The number of hydrogen-bond acceptors (Lipinski definition) is 14. The summed E-state index contributed by atoms with van der Waals surface area (Å²) in [6.07, 6.45) is -4.83. The number of benzene rings is 2. The van der Waals surface area contributed by atoms with Gasteiger partial charge >= 0.3 is 24.0 Å². The molecule has 0 radical (unpaired) electrons. The van der Waals surface area contributed by atoms with Gasteiger partial charge in [-0.05, 0) is 41.5 Å². The molecule has 0 saturated carbocycles. The Morgan fingerprint density at radius 3 is 1.22 bits per heavy atom. The number of imide groups is 3. The molecule has 0 bridgehead atoms. The van der Waals surface area contributed by atoms with Gasteiger partial charge in [-0.2, -0.15) is 0 Å². The van der Waals surface area contributed by atoms with Crippen molar-refractivity contribution in [3.8, 4) is 11.1 Å². The zero-order chi connectivity index (χ0) is 39.3. The number of hydroxylamine groups is 6. The van der Waals surface area contributed by atoms with E-state index in [2.05, 4.69) is 5.32 Å². The standard InChI is InChI=1S/C37H36N4O14/c42-27-9-10-28(43)39(27)53-33(48)15-18-37(19-16-34(49)54-40-29(44)11-12-30(40)45,20-17-35(50)55-41-31(46)13-14-32(41)47)38-36(51)52-21-26-24-7-3-1-5-22(24)23-6-2-4-8-25(23)26/h1-8,26H,9-21H2,(H,38,51). The van der Waals surface area contributed by atoms with Gasteiger partial charge in [0.15, 0.2) is 0 Å². The fourth-order valence-corrected chi connectivity index (χ4v) is 6.85. The molecule has 288 valence electrons. The van der Waals surface area contributed by atoms with Crippen LogP contribution in [0, 0.1) is 0 Å². The van der Waals surface area contributed by atoms with E-state index in [4.69, 9.17) is 19.2 Å². The summed E-state index contributed by atoms with van der Waals surface area (Å²) in [5, 5.41) is 3.69. The van der Waals surface area contributed by atoms with Gasteiger partial charge in [-0.3, -0.25) is 28.8 Å². The largest absolute Gasteiger partial charge is 0.449 e. The second-order valence-electron chi connectivity index (χ2n) is 13.4. The molecule has 3 saturated heterocycles. The molecule has 7 amide bonds. The molecule has 4 aliphatic rings. The molecule has 3 aliphatic heterocycles. The first-order valence-corrected chi connectivity index (χ1v) is 17.7. The molecular weight excluding hydrogens is 724 g/mol. The lowest BCUT2D eigenvalue weighted by molar-refractivity contribution is -0.198. The van der Waals surface area contributed by atoms with Crippen LogP contribution < -0.4 is 5.32 Å². The number of amides is 7. The molecule has 55 heavy (non-hydrogen) atoms. The second-order valence-corrected chi connectivity index (χ2v) is 13.4. The molecule has 6 rings (SSSR count). The van der Waals surface area contributed by atoms with Crippen LogP contribution in [-0.2, 0) is 62.4 Å². The van der Waals surface area contributed by atoms with Crippen LogP contribution >= 0.6 is 0 Å². The number of alkyl carbamates (subject to hydrolysis) is 1. The molecule has 0 unspecified atom stereocenters. The second kappa shape index (κ2) is 16.3. The number of rotatable bonds is 15. The van der Waals surface area contributed by atoms with Crippen molar-refractivity contribution in [3.05, 3.63) is 59.7 Å². The maximum atomic E-state index is 13.7. The fraction of sp³-hybridized carbons (Fsp3) is 0.405. The van der Waals surface area contributed by atoms with Gasteiger partial charge in [0, 0.05) is 50.0 Å². The number of fused-ring (bicyclic) bond motifs is 3. The topological polar surface area (TPSA) is 229 Å². The Balaban J connectivity index is 1.22. The van der Waals surface area contributed by atoms with Crippen molar-refractivity contribution < 1.29 is 67.2 Å². The van der Waals surface area contributed by atoms with Crippen molar-refractivity contribution in [3.63, 3.8) is 0 Å². The van der Waals surface area contributed by atoms with E-state index >= 15 is 0 Å². The van der Waals surface area contributed by atoms with Crippen molar-refractivity contribution >= 4 is 59.4 Å². The third-order valence-corrected chi connectivity index (χ3v) is 9.73. The number of nitrogens with one attached hydrogen (secondary N) is 1. The van der Waals surface area contributed by atoms with Crippen molar-refractivity contribution in [2.45, 2.75) is 88.5 Å². The number of nitrogens with zero attached hydrogens (tertiary/aromatic N) is 3. The Labute approximate surface area is 312 Å². The van der Waals surface area contributed by atoms with E-state index in [1.807, 2.05) is 48.5 Å². The summed E-state index contributed by atoms with van der Waals surface area (Å²) in [5.41, 5.74) is 2.06. The van der Waals surface area contributed by atoms with Gasteiger partial charge in [-0.25, -0.2) is 19.2 Å². The van der Waals surface area contributed by atoms with Gasteiger partial charge in [0.05, 0.1) is 19.3 Å². The lowest BCUT2D eigenvalue weighted by atomic mass is 9.83. The van der Waals surface area contributed by atoms with Crippen LogP contribution in [0.4, 0.5) is 4.79 Å². The first-order valence-electron chi connectivity index (χ1n) is 17.7. The Morgan fingerprint density at radius 1 is 0.545 bits per heavy atom. The van der Waals surface area contributed by atoms with Crippen LogP contribution in [0.1, 0.15) is 94.1 Å². The summed E-state index contributed by atoms with van der Waals surface area (Å²) in [6, 6.07) is 15.2. The molecule has 18 heteroatoms. The number of carbonyl (C=O) groups excluding carboxylic acids is 10. The van der Waals surface area contributed by atoms with E-state index < -0.39 is 84.2 Å². The summed E-state index contributed by atoms with van der Waals surface area (Å²) >= 11 is 0. The Kier molecular flexibility index (Phi) is 11.3. The zero-order valence-electron chi connectivity index (χ0n) is 29.4. The van der Waals surface area contributed by atoms with Crippen LogP contribution in [0.15, 0.2) is 48.5 Å². The summed E-state index contributed by atoms with van der Waals surface area (Å²) in [7, 11) is 0. The Bertz CT molecular complexity index is 1750. The van der Waals surface area contributed by atoms with E-state index in [0.717, 1.165) is 22.3 Å². The predicted octanol–water partition coefficient (Wildman–Crippen LogP) is 2.43. The van der Waals surface area contributed by atoms with Crippen molar-refractivity contribution in [2.24, 2.45) is 0 Å². The average molecular weight is 761 g/mol. The number of carbonyl (C=O) groups is 10. The quantitative estimate of drug-likeness (QED) is 0.257. The Hall–Kier alpha value is -6.46. The molecule has 2 aromatic carbocycles. The molecule has 3 heterocycles. The van der Waals surface area contributed by atoms with E-state index in [1.54, 1.807) is 0 Å². The van der Waals surface area contributed by atoms with E-state index in [1.165, 1.54) is 0 Å². The molecule has 0 aromatic heterocycles. The highest BCUT2D eigenvalue weighted by atomic mass is 16.7. The molecule has 1 aliphatic carbocycles. The maximum Gasteiger partial charge on any atom is 0.407 e. The summed E-state index contributed by atoms with van der Waals surface area (Å²) in [5.74, 6) is -7.93. The van der Waals surface area contributed by atoms with Gasteiger partial charge in [-0.1, -0.05) is 48.5 Å². The highest BCUT2D eigenvalue weighted by molar-refractivity contribution is 6.03. The van der Waals surface area contributed by atoms with E-state index in [0.29, 0.717) is 15.2 Å². The van der Waals surface area contributed by atoms with Crippen LogP contribution in [0.3, 0.4) is 0 Å². The monoisotopic (exact) mass is 760 g/mol. The first-order chi connectivity index (χ1) is 26.3.